The molecule has 29 heavy (non-hydrogen) atoms. The molecular formula is C20H16N2O6S. The quantitative estimate of drug-likeness (QED) is 0.325. The highest BCUT2D eigenvalue weighted by Crippen LogP contribution is 2.24. The highest BCUT2D eigenvalue weighted by atomic mass is 32.2. The maximum atomic E-state index is 12.8. The van der Waals surface area contributed by atoms with Gasteiger partial charge in [0.05, 0.1) is 10.5 Å². The molecule has 3 N–H and O–H groups in total. The third kappa shape index (κ3) is 4.42. The molecule has 0 aliphatic carbocycles. The zero-order valence-electron chi connectivity index (χ0n) is 14.9. The minimum atomic E-state index is -3.84. The Balaban J connectivity index is 1.86. The molecule has 9 heteroatoms. The van der Waals surface area contributed by atoms with Crippen LogP contribution in [-0.2, 0) is 14.8 Å². The molecule has 0 atom stereocenters. The molecular weight excluding hydrogens is 396 g/mol. The number of carbonyl (C=O) groups excluding carboxylic acids is 1. The Morgan fingerprint density at radius 2 is 1.72 bits per heavy atom. The number of aromatic carboxylic acids is 1. The Morgan fingerprint density at radius 1 is 1.00 bits per heavy atom. The summed E-state index contributed by atoms with van der Waals surface area (Å²) in [5, 5.41) is 17.6. The number of hydroxylamine groups is 1. The number of benzene rings is 2. The van der Waals surface area contributed by atoms with E-state index in [2.05, 4.69) is 0 Å². The Hall–Kier alpha value is -3.69. The average molecular weight is 412 g/mol. The summed E-state index contributed by atoms with van der Waals surface area (Å²) in [6, 6.07) is 13.9. The third-order valence-corrected chi connectivity index (χ3v) is 5.75. The molecule has 8 nitrogen and oxygen atoms in total. The second kappa shape index (κ2) is 8.13. The van der Waals surface area contributed by atoms with E-state index in [0.717, 1.165) is 10.0 Å². The average Bonchev–Trinajstić information content (AvgIpc) is 3.22. The summed E-state index contributed by atoms with van der Waals surface area (Å²) in [5.41, 5.74) is 3.38. The number of amides is 1. The summed E-state index contributed by atoms with van der Waals surface area (Å²) in [6.07, 6.45) is 5.10. The van der Waals surface area contributed by atoms with E-state index in [-0.39, 0.29) is 10.5 Å². The van der Waals surface area contributed by atoms with Crippen LogP contribution >= 0.6 is 0 Å². The van der Waals surface area contributed by atoms with Gasteiger partial charge >= 0.3 is 5.97 Å². The lowest BCUT2D eigenvalue weighted by molar-refractivity contribution is -0.124. The lowest BCUT2D eigenvalue weighted by Crippen LogP contribution is -2.14. The first-order valence-corrected chi connectivity index (χ1v) is 9.75. The molecule has 0 fully saturated rings. The molecule has 0 aliphatic heterocycles. The van der Waals surface area contributed by atoms with Gasteiger partial charge in [-0.2, -0.15) is 0 Å². The number of rotatable bonds is 6. The van der Waals surface area contributed by atoms with Gasteiger partial charge < -0.3 is 5.11 Å². The smallest absolute Gasteiger partial charge is 0.335 e. The normalized spacial score (nSPS) is 11.5. The molecule has 3 rings (SSSR count). The summed E-state index contributed by atoms with van der Waals surface area (Å²) in [5.74, 6) is -1.77. The van der Waals surface area contributed by atoms with E-state index in [1.807, 2.05) is 0 Å². The van der Waals surface area contributed by atoms with Crippen molar-refractivity contribution in [3.63, 3.8) is 0 Å². The fourth-order valence-corrected chi connectivity index (χ4v) is 3.83. The number of hydrogen-bond acceptors (Lipinski definition) is 5. The van der Waals surface area contributed by atoms with E-state index in [4.69, 9.17) is 10.3 Å². The Kier molecular flexibility index (Phi) is 5.62. The number of carbonyl (C=O) groups is 2. The van der Waals surface area contributed by atoms with Gasteiger partial charge in [-0.15, -0.1) is 0 Å². The highest BCUT2D eigenvalue weighted by Gasteiger charge is 2.16. The van der Waals surface area contributed by atoms with Crippen LogP contribution < -0.4 is 5.48 Å². The molecule has 0 saturated heterocycles. The fraction of sp³-hybridized carbons (Fsp3) is 0. The lowest BCUT2D eigenvalue weighted by Gasteiger charge is -2.08. The van der Waals surface area contributed by atoms with Crippen molar-refractivity contribution in [2.75, 3.05) is 0 Å². The van der Waals surface area contributed by atoms with Crippen molar-refractivity contribution < 1.29 is 28.3 Å². The van der Waals surface area contributed by atoms with Gasteiger partial charge in [-0.05, 0) is 53.1 Å². The molecule has 2 aromatic carbocycles. The van der Waals surface area contributed by atoms with Crippen molar-refractivity contribution in [1.82, 2.24) is 9.45 Å². The molecule has 3 aromatic rings. The molecule has 0 aliphatic rings. The molecule has 0 bridgehead atoms. The number of nitrogens with zero attached hydrogens (tertiary/aromatic N) is 1. The third-order valence-electron chi connectivity index (χ3n) is 4.10. The second-order valence-electron chi connectivity index (χ2n) is 6.00. The first-order valence-electron chi connectivity index (χ1n) is 8.31. The standard InChI is InChI=1S/C20H16N2O6S/c23-19(21-26)9-4-14-10-11-22(13-14)29(27,28)18-7-5-15(6-8-18)16-2-1-3-17(12-16)20(24)25/h1-13,26H,(H,21,23)(H,24,25)/b9-4+. The van der Waals surface area contributed by atoms with E-state index in [1.165, 1.54) is 54.3 Å². The van der Waals surface area contributed by atoms with Crippen LogP contribution in [0.5, 0.6) is 0 Å². The van der Waals surface area contributed by atoms with Crippen LogP contribution in [0.1, 0.15) is 15.9 Å². The van der Waals surface area contributed by atoms with E-state index >= 15 is 0 Å². The predicted octanol–water partition coefficient (Wildman–Crippen LogP) is 2.61. The zero-order valence-corrected chi connectivity index (χ0v) is 15.7. The Labute approximate surface area is 166 Å². The van der Waals surface area contributed by atoms with Crippen molar-refractivity contribution in [2.45, 2.75) is 4.90 Å². The van der Waals surface area contributed by atoms with E-state index in [0.29, 0.717) is 16.7 Å². The van der Waals surface area contributed by atoms with Crippen molar-refractivity contribution in [1.29, 1.82) is 0 Å². The molecule has 0 unspecified atom stereocenters. The molecule has 1 heterocycles. The summed E-state index contributed by atoms with van der Waals surface area (Å²) < 4.78 is 26.6. The number of carboxylic acids is 1. The van der Waals surface area contributed by atoms with Crippen LogP contribution in [0.4, 0.5) is 0 Å². The first kappa shape index (κ1) is 20.1. The van der Waals surface area contributed by atoms with Crippen LogP contribution in [0.15, 0.2) is 78.0 Å². The number of aromatic nitrogens is 1. The maximum Gasteiger partial charge on any atom is 0.335 e. The van der Waals surface area contributed by atoms with Crippen LogP contribution in [0.2, 0.25) is 0 Å². The molecule has 0 saturated carbocycles. The van der Waals surface area contributed by atoms with Crippen molar-refractivity contribution in [3.05, 3.63) is 84.2 Å². The molecule has 148 valence electrons. The summed E-state index contributed by atoms with van der Waals surface area (Å²) in [6.45, 7) is 0. The first-order chi connectivity index (χ1) is 13.8. The monoisotopic (exact) mass is 412 g/mol. The van der Waals surface area contributed by atoms with Gasteiger partial charge in [0.25, 0.3) is 15.9 Å². The van der Waals surface area contributed by atoms with E-state index in [1.54, 1.807) is 24.3 Å². The van der Waals surface area contributed by atoms with Gasteiger partial charge in [-0.1, -0.05) is 24.3 Å². The van der Waals surface area contributed by atoms with Gasteiger partial charge in [0.1, 0.15) is 0 Å². The maximum absolute atomic E-state index is 12.8. The van der Waals surface area contributed by atoms with Crippen LogP contribution in [-0.4, -0.2) is 34.6 Å². The molecule has 1 aromatic heterocycles. The molecule has 1 amide bonds. The highest BCUT2D eigenvalue weighted by molar-refractivity contribution is 7.90. The van der Waals surface area contributed by atoms with Crippen molar-refractivity contribution in [3.8, 4) is 11.1 Å². The van der Waals surface area contributed by atoms with E-state index < -0.39 is 21.9 Å². The van der Waals surface area contributed by atoms with E-state index in [9.17, 15) is 18.0 Å². The minimum absolute atomic E-state index is 0.0508. The molecule has 0 spiro atoms. The molecule has 0 radical (unpaired) electrons. The summed E-state index contributed by atoms with van der Waals surface area (Å²) in [7, 11) is -3.84. The van der Waals surface area contributed by atoms with Gasteiger partial charge in [0.2, 0.25) is 0 Å². The SMILES string of the molecule is O=C(/C=C/c1ccn(S(=O)(=O)c2ccc(-c3cccc(C(=O)O)c3)cc2)c1)NO. The van der Waals surface area contributed by atoms with Gasteiger partial charge in [-0.25, -0.2) is 22.7 Å². The number of hydrogen-bond donors (Lipinski definition) is 3. The van der Waals surface area contributed by atoms with Crippen molar-refractivity contribution in [2.24, 2.45) is 0 Å². The van der Waals surface area contributed by atoms with Gasteiger partial charge in [0, 0.05) is 18.5 Å². The number of nitrogens with one attached hydrogen (secondary N) is 1. The summed E-state index contributed by atoms with van der Waals surface area (Å²) >= 11 is 0. The largest absolute Gasteiger partial charge is 0.478 e. The zero-order chi connectivity index (χ0) is 21.0. The number of carboxylic acid groups (broad SMARTS) is 1. The van der Waals surface area contributed by atoms with Crippen LogP contribution in [0, 0.1) is 0 Å². The van der Waals surface area contributed by atoms with Crippen LogP contribution in [0.3, 0.4) is 0 Å². The van der Waals surface area contributed by atoms with Crippen LogP contribution in [0.25, 0.3) is 17.2 Å². The predicted molar refractivity (Wildman–Crippen MR) is 105 cm³/mol. The fourth-order valence-electron chi connectivity index (χ4n) is 2.62. The minimum Gasteiger partial charge on any atom is -0.478 e. The van der Waals surface area contributed by atoms with Gasteiger partial charge in [-0.3, -0.25) is 10.0 Å². The van der Waals surface area contributed by atoms with Gasteiger partial charge in [0.15, 0.2) is 0 Å². The van der Waals surface area contributed by atoms with Crippen molar-refractivity contribution >= 4 is 28.0 Å². The Bertz CT molecular complexity index is 1190. The second-order valence-corrected chi connectivity index (χ2v) is 7.84. The summed E-state index contributed by atoms with van der Waals surface area (Å²) in [4.78, 5) is 22.2. The lowest BCUT2D eigenvalue weighted by atomic mass is 10.0. The topological polar surface area (TPSA) is 126 Å². The Morgan fingerprint density at radius 3 is 2.38 bits per heavy atom.